The summed E-state index contributed by atoms with van der Waals surface area (Å²) in [6.07, 6.45) is 0.667. The van der Waals surface area contributed by atoms with Crippen LogP contribution in [0.4, 0.5) is 0 Å². The summed E-state index contributed by atoms with van der Waals surface area (Å²) in [5, 5.41) is 0. The molecule has 15 heavy (non-hydrogen) atoms. The van der Waals surface area contributed by atoms with Crippen LogP contribution in [0.1, 0.15) is 5.56 Å². The highest BCUT2D eigenvalue weighted by Gasteiger charge is 2.44. The summed E-state index contributed by atoms with van der Waals surface area (Å²) < 4.78 is 16.9. The van der Waals surface area contributed by atoms with E-state index in [0.717, 1.165) is 19.8 Å². The lowest BCUT2D eigenvalue weighted by Gasteiger charge is -2.45. The Labute approximate surface area is 89.0 Å². The minimum Gasteiger partial charge on any atom is -0.327 e. The number of hydrogen-bond donors (Lipinski definition) is 0. The average Bonchev–Trinajstić information content (AvgIpc) is 2.32. The Morgan fingerprint density at radius 3 is 2.20 bits per heavy atom. The average molecular weight is 206 g/mol. The van der Waals surface area contributed by atoms with Crippen LogP contribution in [-0.2, 0) is 20.6 Å². The fourth-order valence-corrected chi connectivity index (χ4v) is 2.00. The van der Waals surface area contributed by atoms with E-state index in [1.165, 1.54) is 5.56 Å². The first kappa shape index (κ1) is 9.33. The number of rotatable bonds is 2. The van der Waals surface area contributed by atoms with Crippen LogP contribution in [0.2, 0.25) is 0 Å². The van der Waals surface area contributed by atoms with Gasteiger partial charge in [0.1, 0.15) is 0 Å². The minimum absolute atomic E-state index is 0.419. The van der Waals surface area contributed by atoms with Crippen molar-refractivity contribution in [3.8, 4) is 0 Å². The van der Waals surface area contributed by atoms with E-state index in [2.05, 4.69) is 12.1 Å². The van der Waals surface area contributed by atoms with Crippen molar-refractivity contribution in [1.29, 1.82) is 0 Å². The molecule has 0 aromatic heterocycles. The molecule has 0 atom stereocenters. The van der Waals surface area contributed by atoms with Crippen molar-refractivity contribution in [2.75, 3.05) is 19.8 Å². The van der Waals surface area contributed by atoms with Crippen molar-refractivity contribution < 1.29 is 14.2 Å². The summed E-state index contributed by atoms with van der Waals surface area (Å²) in [5.41, 5.74) is 1.18. The molecule has 0 unspecified atom stereocenters. The lowest BCUT2D eigenvalue weighted by molar-refractivity contribution is -0.447. The molecule has 0 aliphatic carbocycles. The molecule has 3 saturated heterocycles. The van der Waals surface area contributed by atoms with Crippen LogP contribution in [0.3, 0.4) is 0 Å². The van der Waals surface area contributed by atoms with Gasteiger partial charge in [0.05, 0.1) is 26.2 Å². The highest BCUT2D eigenvalue weighted by atomic mass is 16.9. The molecule has 0 amide bonds. The molecule has 0 radical (unpaired) electrons. The quantitative estimate of drug-likeness (QED) is 0.735. The number of ether oxygens (including phenoxy) is 3. The zero-order valence-electron chi connectivity index (χ0n) is 8.52. The van der Waals surface area contributed by atoms with Gasteiger partial charge in [0.15, 0.2) is 0 Å². The fourth-order valence-electron chi connectivity index (χ4n) is 2.00. The Morgan fingerprint density at radius 1 is 1.00 bits per heavy atom. The Hall–Kier alpha value is -0.900. The summed E-state index contributed by atoms with van der Waals surface area (Å²) in [7, 11) is 0. The first-order valence-corrected chi connectivity index (χ1v) is 5.32. The second-order valence-corrected chi connectivity index (χ2v) is 4.14. The molecule has 3 heterocycles. The first-order valence-electron chi connectivity index (χ1n) is 5.32. The molecule has 80 valence electrons. The third kappa shape index (κ3) is 1.78. The third-order valence-electron chi connectivity index (χ3n) is 2.88. The van der Waals surface area contributed by atoms with E-state index in [0.29, 0.717) is 12.3 Å². The Morgan fingerprint density at radius 2 is 1.60 bits per heavy atom. The molecule has 1 aromatic rings. The van der Waals surface area contributed by atoms with Gasteiger partial charge in [-0.2, -0.15) is 0 Å². The number of hydrogen-bond acceptors (Lipinski definition) is 3. The lowest BCUT2D eigenvalue weighted by atomic mass is 10.1. The van der Waals surface area contributed by atoms with Gasteiger partial charge in [0.25, 0.3) is 5.97 Å². The molecule has 2 bridgehead atoms. The van der Waals surface area contributed by atoms with Gasteiger partial charge >= 0.3 is 0 Å². The van der Waals surface area contributed by atoms with E-state index in [1.807, 2.05) is 18.2 Å². The van der Waals surface area contributed by atoms with Gasteiger partial charge in [-0.1, -0.05) is 30.3 Å². The second kappa shape index (κ2) is 3.59. The maximum Gasteiger partial charge on any atom is 0.287 e. The van der Waals surface area contributed by atoms with Gasteiger partial charge in [-0.25, -0.2) is 0 Å². The summed E-state index contributed by atoms with van der Waals surface area (Å²) in [5.74, 6) is -0.390. The predicted octanol–water partition coefficient (Wildman–Crippen LogP) is 1.58. The molecule has 0 N–H and O–H groups in total. The zero-order chi connectivity index (χ0) is 10.1. The maximum atomic E-state index is 5.62. The predicted molar refractivity (Wildman–Crippen MR) is 54.2 cm³/mol. The zero-order valence-corrected chi connectivity index (χ0v) is 8.52. The van der Waals surface area contributed by atoms with Crippen LogP contribution < -0.4 is 0 Å². The van der Waals surface area contributed by atoms with Crippen molar-refractivity contribution >= 4 is 0 Å². The molecule has 0 spiro atoms. The molecule has 3 fully saturated rings. The summed E-state index contributed by atoms with van der Waals surface area (Å²) in [6.45, 7) is 2.27. The van der Waals surface area contributed by atoms with E-state index in [9.17, 15) is 0 Å². The van der Waals surface area contributed by atoms with Crippen LogP contribution in [-0.4, -0.2) is 25.8 Å². The van der Waals surface area contributed by atoms with E-state index in [4.69, 9.17) is 14.2 Å². The Bertz CT molecular complexity index is 314. The van der Waals surface area contributed by atoms with Gasteiger partial charge in [0.2, 0.25) is 0 Å². The van der Waals surface area contributed by atoms with Crippen molar-refractivity contribution in [2.45, 2.75) is 12.4 Å². The molecule has 3 aliphatic heterocycles. The van der Waals surface area contributed by atoms with Crippen LogP contribution >= 0.6 is 0 Å². The molecule has 3 aliphatic rings. The van der Waals surface area contributed by atoms with E-state index in [1.54, 1.807) is 0 Å². The van der Waals surface area contributed by atoms with Gasteiger partial charge < -0.3 is 14.2 Å². The monoisotopic (exact) mass is 206 g/mol. The highest BCUT2D eigenvalue weighted by Crippen LogP contribution is 2.32. The van der Waals surface area contributed by atoms with Crippen LogP contribution in [0.5, 0.6) is 0 Å². The molecule has 3 nitrogen and oxygen atoms in total. The highest BCUT2D eigenvalue weighted by molar-refractivity contribution is 5.16. The third-order valence-corrected chi connectivity index (χ3v) is 2.88. The van der Waals surface area contributed by atoms with Gasteiger partial charge in [-0.15, -0.1) is 0 Å². The Kier molecular flexibility index (Phi) is 2.24. The number of benzene rings is 1. The van der Waals surface area contributed by atoms with Crippen molar-refractivity contribution in [3.05, 3.63) is 35.9 Å². The standard InChI is InChI=1S/C12H14O3/c1-2-4-10(5-3-1)6-12-13-7-11(8-14-12)9-15-12/h1-5,11H,6-9H2. The van der Waals surface area contributed by atoms with Gasteiger partial charge in [-0.05, 0) is 5.56 Å². The first-order chi connectivity index (χ1) is 7.36. The normalized spacial score (nSPS) is 34.3. The van der Waals surface area contributed by atoms with Crippen molar-refractivity contribution in [3.63, 3.8) is 0 Å². The summed E-state index contributed by atoms with van der Waals surface area (Å²) >= 11 is 0. The minimum atomic E-state index is -0.809. The Balaban J connectivity index is 1.76. The summed E-state index contributed by atoms with van der Waals surface area (Å²) in [4.78, 5) is 0. The number of fused-ring (bicyclic) bond motifs is 3. The second-order valence-electron chi connectivity index (χ2n) is 4.14. The molecular formula is C12H14O3. The molecule has 0 saturated carbocycles. The SMILES string of the molecule is c1ccc(CC23OCC(CO2)CO3)cc1. The van der Waals surface area contributed by atoms with Gasteiger partial charge in [-0.3, -0.25) is 0 Å². The van der Waals surface area contributed by atoms with E-state index >= 15 is 0 Å². The molecule has 4 rings (SSSR count). The molecular weight excluding hydrogens is 192 g/mol. The van der Waals surface area contributed by atoms with Crippen LogP contribution in [0, 0.1) is 5.92 Å². The van der Waals surface area contributed by atoms with Crippen molar-refractivity contribution in [2.24, 2.45) is 5.92 Å². The van der Waals surface area contributed by atoms with Crippen LogP contribution in [0.15, 0.2) is 30.3 Å². The maximum absolute atomic E-state index is 5.62. The molecule has 1 aromatic carbocycles. The topological polar surface area (TPSA) is 27.7 Å². The molecule has 3 heteroatoms. The largest absolute Gasteiger partial charge is 0.327 e. The summed E-state index contributed by atoms with van der Waals surface area (Å²) in [6, 6.07) is 10.2. The van der Waals surface area contributed by atoms with Crippen molar-refractivity contribution in [1.82, 2.24) is 0 Å². The van der Waals surface area contributed by atoms with E-state index in [-0.39, 0.29) is 0 Å². The smallest absolute Gasteiger partial charge is 0.287 e. The van der Waals surface area contributed by atoms with Gasteiger partial charge in [0, 0.05) is 5.92 Å². The lowest BCUT2D eigenvalue weighted by Crippen LogP contribution is -2.55. The van der Waals surface area contributed by atoms with E-state index < -0.39 is 5.97 Å². The van der Waals surface area contributed by atoms with Crippen LogP contribution in [0.25, 0.3) is 0 Å². The fraction of sp³-hybridized carbons (Fsp3) is 0.500.